The maximum absolute atomic E-state index is 6.20. The molecule has 2 aromatic rings. The van der Waals surface area contributed by atoms with E-state index >= 15 is 0 Å². The molecule has 0 bridgehead atoms. The number of nitrogens with two attached hydrogens (primary N) is 2. The van der Waals surface area contributed by atoms with Gasteiger partial charge in [-0.05, 0) is 31.9 Å². The number of hydrogen-bond donors (Lipinski definition) is 3. The molecule has 0 spiro atoms. The molecule has 1 aliphatic carbocycles. The lowest BCUT2D eigenvalue weighted by Crippen LogP contribution is -2.42. The smallest absolute Gasteiger partial charge is 0.222 e. The van der Waals surface area contributed by atoms with Crippen LogP contribution in [0.25, 0.3) is 10.9 Å². The largest absolute Gasteiger partial charge is 0.368 e. The summed E-state index contributed by atoms with van der Waals surface area (Å²) in [7, 11) is 0. The molecule has 1 saturated carbocycles. The highest BCUT2D eigenvalue weighted by Crippen LogP contribution is 2.26. The van der Waals surface area contributed by atoms with E-state index in [-0.39, 0.29) is 12.1 Å². The molecule has 1 heterocycles. The summed E-state index contributed by atoms with van der Waals surface area (Å²) in [6.07, 6.45) is 4.57. The van der Waals surface area contributed by atoms with Crippen LogP contribution in [0.2, 0.25) is 0 Å². The summed E-state index contributed by atoms with van der Waals surface area (Å²) in [6, 6.07) is 6.55. The highest BCUT2D eigenvalue weighted by atomic mass is 15.1. The second-order valence-electron chi connectivity index (χ2n) is 5.65. The minimum absolute atomic E-state index is 0.180. The fourth-order valence-corrected chi connectivity index (χ4v) is 2.88. The summed E-state index contributed by atoms with van der Waals surface area (Å²) in [5, 5.41) is 4.50. The van der Waals surface area contributed by atoms with Gasteiger partial charge in [0.05, 0.1) is 5.52 Å². The molecule has 20 heavy (non-hydrogen) atoms. The van der Waals surface area contributed by atoms with Crippen LogP contribution >= 0.6 is 0 Å². The molecule has 1 aliphatic rings. The van der Waals surface area contributed by atoms with E-state index in [0.29, 0.717) is 5.95 Å². The van der Waals surface area contributed by atoms with Gasteiger partial charge in [0, 0.05) is 17.5 Å². The first-order valence-electron chi connectivity index (χ1n) is 7.19. The van der Waals surface area contributed by atoms with E-state index < -0.39 is 0 Å². The molecule has 2 atom stereocenters. The third-order valence-corrected chi connectivity index (χ3v) is 4.01. The molecule has 5 heteroatoms. The quantitative estimate of drug-likeness (QED) is 0.779. The van der Waals surface area contributed by atoms with E-state index in [0.717, 1.165) is 29.6 Å². The van der Waals surface area contributed by atoms with Gasteiger partial charge in [0.25, 0.3) is 0 Å². The van der Waals surface area contributed by atoms with E-state index in [9.17, 15) is 0 Å². The molecule has 0 unspecified atom stereocenters. The van der Waals surface area contributed by atoms with Gasteiger partial charge in [-0.2, -0.15) is 4.98 Å². The third-order valence-electron chi connectivity index (χ3n) is 4.01. The number of aryl methyl sites for hydroxylation is 1. The van der Waals surface area contributed by atoms with Gasteiger partial charge < -0.3 is 16.8 Å². The van der Waals surface area contributed by atoms with Crippen LogP contribution in [0.4, 0.5) is 11.8 Å². The average molecular weight is 271 g/mol. The molecule has 0 saturated heterocycles. The van der Waals surface area contributed by atoms with Gasteiger partial charge in [0.15, 0.2) is 0 Å². The Morgan fingerprint density at radius 1 is 1.20 bits per heavy atom. The van der Waals surface area contributed by atoms with Crippen LogP contribution in [-0.4, -0.2) is 22.1 Å². The second kappa shape index (κ2) is 5.25. The minimum atomic E-state index is 0.180. The predicted molar refractivity (Wildman–Crippen MR) is 82.5 cm³/mol. The van der Waals surface area contributed by atoms with E-state index in [1.807, 2.05) is 12.1 Å². The van der Waals surface area contributed by atoms with Crippen LogP contribution in [0.3, 0.4) is 0 Å². The monoisotopic (exact) mass is 271 g/mol. The van der Waals surface area contributed by atoms with E-state index in [4.69, 9.17) is 11.5 Å². The van der Waals surface area contributed by atoms with Gasteiger partial charge in [0.1, 0.15) is 5.82 Å². The highest BCUT2D eigenvalue weighted by Gasteiger charge is 2.22. The molecule has 0 amide bonds. The van der Waals surface area contributed by atoms with Crippen LogP contribution < -0.4 is 16.8 Å². The fourth-order valence-electron chi connectivity index (χ4n) is 2.88. The molecule has 5 N–H and O–H groups in total. The molecular formula is C15H21N5. The van der Waals surface area contributed by atoms with E-state index in [1.165, 1.54) is 18.4 Å². The topological polar surface area (TPSA) is 89.8 Å². The minimum Gasteiger partial charge on any atom is -0.368 e. The Labute approximate surface area is 118 Å². The van der Waals surface area contributed by atoms with E-state index in [2.05, 4.69) is 28.3 Å². The summed E-state index contributed by atoms with van der Waals surface area (Å²) < 4.78 is 0. The van der Waals surface area contributed by atoms with Gasteiger partial charge in [0.2, 0.25) is 5.95 Å². The van der Waals surface area contributed by atoms with Crippen molar-refractivity contribution in [2.45, 2.75) is 44.7 Å². The summed E-state index contributed by atoms with van der Waals surface area (Å²) >= 11 is 0. The maximum Gasteiger partial charge on any atom is 0.222 e. The molecule has 1 fully saturated rings. The van der Waals surface area contributed by atoms with Crippen molar-refractivity contribution in [3.8, 4) is 0 Å². The summed E-state index contributed by atoms with van der Waals surface area (Å²) in [4.78, 5) is 8.66. The maximum atomic E-state index is 6.20. The number of benzene rings is 1. The first-order valence-corrected chi connectivity index (χ1v) is 7.19. The van der Waals surface area contributed by atoms with Crippen molar-refractivity contribution in [1.29, 1.82) is 0 Å². The van der Waals surface area contributed by atoms with Crippen molar-refractivity contribution >= 4 is 22.7 Å². The van der Waals surface area contributed by atoms with Crippen LogP contribution in [0.15, 0.2) is 18.2 Å². The lowest BCUT2D eigenvalue weighted by molar-refractivity contribution is 0.403. The Morgan fingerprint density at radius 2 is 2.00 bits per heavy atom. The predicted octanol–water partition coefficient (Wildman–Crippen LogP) is 2.20. The van der Waals surface area contributed by atoms with Gasteiger partial charge in [-0.25, -0.2) is 4.98 Å². The Balaban J connectivity index is 1.99. The number of anilines is 2. The van der Waals surface area contributed by atoms with Crippen molar-refractivity contribution in [1.82, 2.24) is 9.97 Å². The number of aromatic nitrogens is 2. The first-order chi connectivity index (χ1) is 9.63. The summed E-state index contributed by atoms with van der Waals surface area (Å²) in [5.74, 6) is 1.10. The number of nitrogens with zero attached hydrogens (tertiary/aromatic N) is 2. The Bertz CT molecular complexity index is 625. The van der Waals surface area contributed by atoms with Gasteiger partial charge in [-0.3, -0.25) is 0 Å². The molecule has 1 aromatic carbocycles. The lowest BCUT2D eigenvalue weighted by atomic mass is 9.91. The van der Waals surface area contributed by atoms with Crippen molar-refractivity contribution in [2.24, 2.45) is 5.73 Å². The molecule has 5 nitrogen and oxygen atoms in total. The number of rotatable bonds is 2. The van der Waals surface area contributed by atoms with Crippen molar-refractivity contribution in [3.05, 3.63) is 23.8 Å². The molecule has 0 aliphatic heterocycles. The molecule has 106 valence electrons. The average Bonchev–Trinajstić information content (AvgIpc) is 2.42. The van der Waals surface area contributed by atoms with Gasteiger partial charge in [-0.15, -0.1) is 0 Å². The Hall–Kier alpha value is -1.88. The standard InChI is InChI=1S/C15H21N5/c1-9-6-7-12-10(8-9)14(20-15(17)19-12)18-13-5-3-2-4-11(13)16/h6-8,11,13H,2-5,16H2,1H3,(H3,17,18,19,20)/t11-,13+/m1/s1. The zero-order valence-corrected chi connectivity index (χ0v) is 11.8. The molecule has 0 radical (unpaired) electrons. The SMILES string of the molecule is Cc1ccc2nc(N)nc(N[C@H]3CCCC[C@H]3N)c2c1. The van der Waals surface area contributed by atoms with Crippen LogP contribution in [0.1, 0.15) is 31.2 Å². The van der Waals surface area contributed by atoms with Crippen molar-refractivity contribution in [2.75, 3.05) is 11.1 Å². The molecular weight excluding hydrogens is 250 g/mol. The number of hydrogen-bond acceptors (Lipinski definition) is 5. The van der Waals surface area contributed by atoms with Crippen LogP contribution in [0.5, 0.6) is 0 Å². The third kappa shape index (κ3) is 2.54. The van der Waals surface area contributed by atoms with Crippen molar-refractivity contribution < 1.29 is 0 Å². The zero-order chi connectivity index (χ0) is 14.1. The Kier molecular flexibility index (Phi) is 3.44. The van der Waals surface area contributed by atoms with Gasteiger partial charge >= 0.3 is 0 Å². The van der Waals surface area contributed by atoms with Crippen LogP contribution in [-0.2, 0) is 0 Å². The lowest BCUT2D eigenvalue weighted by Gasteiger charge is -2.30. The summed E-state index contributed by atoms with van der Waals surface area (Å²) in [6.45, 7) is 2.06. The zero-order valence-electron chi connectivity index (χ0n) is 11.8. The second-order valence-corrected chi connectivity index (χ2v) is 5.65. The highest BCUT2D eigenvalue weighted by molar-refractivity contribution is 5.90. The van der Waals surface area contributed by atoms with Gasteiger partial charge in [-0.1, -0.05) is 24.5 Å². The van der Waals surface area contributed by atoms with Crippen molar-refractivity contribution in [3.63, 3.8) is 0 Å². The normalized spacial score (nSPS) is 22.9. The molecule has 1 aromatic heterocycles. The fraction of sp³-hybridized carbons (Fsp3) is 0.467. The number of nitrogens with one attached hydrogen (secondary N) is 1. The Morgan fingerprint density at radius 3 is 2.80 bits per heavy atom. The number of nitrogen functional groups attached to an aromatic ring is 1. The van der Waals surface area contributed by atoms with Crippen LogP contribution in [0, 0.1) is 6.92 Å². The van der Waals surface area contributed by atoms with E-state index in [1.54, 1.807) is 0 Å². The first kappa shape index (κ1) is 13.1. The molecule has 3 rings (SSSR count). The number of fused-ring (bicyclic) bond motifs is 1. The summed E-state index contributed by atoms with van der Waals surface area (Å²) in [5.41, 5.74) is 14.1.